The van der Waals surface area contributed by atoms with Crippen molar-refractivity contribution >= 4 is 5.78 Å². The molecular formula is C22H32O3. The van der Waals surface area contributed by atoms with Gasteiger partial charge in [-0.05, 0) is 49.7 Å². The van der Waals surface area contributed by atoms with E-state index in [4.69, 9.17) is 9.47 Å². The third-order valence-electron chi connectivity index (χ3n) is 5.11. The number of allylic oxidation sites excluding steroid dienone is 1. The summed E-state index contributed by atoms with van der Waals surface area (Å²) in [5.74, 6) is 0.797. The van der Waals surface area contributed by atoms with Gasteiger partial charge < -0.3 is 9.47 Å². The fraction of sp³-hybridized carbons (Fsp3) is 0.591. The predicted octanol–water partition coefficient (Wildman–Crippen LogP) is 5.09. The second-order valence-corrected chi connectivity index (χ2v) is 7.41. The third kappa shape index (κ3) is 4.80. The minimum Gasteiger partial charge on any atom is -0.378 e. The van der Waals surface area contributed by atoms with Crippen LogP contribution in [0.4, 0.5) is 0 Å². The molecule has 0 radical (unpaired) electrons. The number of carbonyl (C=O) groups is 1. The monoisotopic (exact) mass is 344 g/mol. The molecule has 2 atom stereocenters. The molecule has 1 aromatic carbocycles. The smallest absolute Gasteiger partial charge is 0.173 e. The Kier molecular flexibility index (Phi) is 7.39. The number of ketones is 1. The highest BCUT2D eigenvalue weighted by Crippen LogP contribution is 2.38. The number of Topliss-reactive ketones (excluding diaryl/α,β-unsaturated/α-hetero) is 1. The van der Waals surface area contributed by atoms with Crippen LogP contribution in [0.25, 0.3) is 0 Å². The molecule has 3 nitrogen and oxygen atoms in total. The number of benzene rings is 1. The summed E-state index contributed by atoms with van der Waals surface area (Å²) in [6.45, 7) is 6.88. The first-order valence-corrected chi connectivity index (χ1v) is 9.42. The van der Waals surface area contributed by atoms with Gasteiger partial charge in [-0.3, -0.25) is 4.79 Å². The Bertz CT molecular complexity index is 576. The van der Waals surface area contributed by atoms with E-state index in [0.717, 1.165) is 36.8 Å². The van der Waals surface area contributed by atoms with Gasteiger partial charge in [0.1, 0.15) is 0 Å². The van der Waals surface area contributed by atoms with Crippen molar-refractivity contribution in [2.75, 3.05) is 7.11 Å². The van der Waals surface area contributed by atoms with E-state index >= 15 is 0 Å². The molecule has 0 saturated heterocycles. The summed E-state index contributed by atoms with van der Waals surface area (Å²) in [6, 6.07) is 10.0. The molecule has 0 aliphatic heterocycles. The Hall–Kier alpha value is -1.45. The zero-order valence-electron chi connectivity index (χ0n) is 16.1. The molecule has 138 valence electrons. The first-order valence-electron chi connectivity index (χ1n) is 9.42. The number of methoxy groups -OCH3 is 1. The maximum Gasteiger partial charge on any atom is 0.173 e. The molecule has 0 amide bonds. The molecule has 0 aromatic heterocycles. The molecule has 0 N–H and O–H groups in total. The average molecular weight is 344 g/mol. The van der Waals surface area contributed by atoms with Gasteiger partial charge in [0.15, 0.2) is 11.4 Å². The highest BCUT2D eigenvalue weighted by Gasteiger charge is 2.50. The molecule has 1 saturated carbocycles. The summed E-state index contributed by atoms with van der Waals surface area (Å²) < 4.78 is 12.1. The van der Waals surface area contributed by atoms with Crippen LogP contribution in [0.2, 0.25) is 0 Å². The van der Waals surface area contributed by atoms with E-state index in [1.807, 2.05) is 37.3 Å². The summed E-state index contributed by atoms with van der Waals surface area (Å²) in [5, 5.41) is 0. The van der Waals surface area contributed by atoms with Gasteiger partial charge in [-0.1, -0.05) is 50.3 Å². The molecule has 0 bridgehead atoms. The van der Waals surface area contributed by atoms with Crippen LogP contribution in [-0.4, -0.2) is 24.6 Å². The highest BCUT2D eigenvalue weighted by atomic mass is 16.5. The number of rotatable bonds is 8. The predicted molar refractivity (Wildman–Crippen MR) is 101 cm³/mol. The molecule has 1 aromatic rings. The molecule has 1 aliphatic rings. The maximum absolute atomic E-state index is 13.0. The van der Waals surface area contributed by atoms with Crippen molar-refractivity contribution in [2.45, 2.75) is 71.2 Å². The van der Waals surface area contributed by atoms with Crippen molar-refractivity contribution in [2.24, 2.45) is 5.92 Å². The average Bonchev–Trinajstić information content (AvgIpc) is 2.61. The minimum absolute atomic E-state index is 0.153. The van der Waals surface area contributed by atoms with Crippen LogP contribution in [0.15, 0.2) is 42.0 Å². The lowest BCUT2D eigenvalue weighted by Crippen LogP contribution is -2.55. The van der Waals surface area contributed by atoms with Gasteiger partial charge in [-0.15, -0.1) is 0 Å². The van der Waals surface area contributed by atoms with Crippen molar-refractivity contribution in [3.05, 3.63) is 47.5 Å². The topological polar surface area (TPSA) is 35.5 Å². The number of ether oxygens (including phenoxy) is 2. The fourth-order valence-corrected chi connectivity index (χ4v) is 3.62. The van der Waals surface area contributed by atoms with Gasteiger partial charge in [-0.2, -0.15) is 0 Å². The SMILES string of the molecule is COC1CCCC(=O)C1(OCc1ccccc1)C(C)=CCCC(C)C. The van der Waals surface area contributed by atoms with E-state index in [9.17, 15) is 4.79 Å². The van der Waals surface area contributed by atoms with Crippen molar-refractivity contribution in [3.63, 3.8) is 0 Å². The van der Waals surface area contributed by atoms with E-state index < -0.39 is 5.60 Å². The van der Waals surface area contributed by atoms with Gasteiger partial charge in [0, 0.05) is 13.5 Å². The summed E-state index contributed by atoms with van der Waals surface area (Å²) >= 11 is 0. The van der Waals surface area contributed by atoms with Crippen molar-refractivity contribution in [1.82, 2.24) is 0 Å². The van der Waals surface area contributed by atoms with Crippen molar-refractivity contribution < 1.29 is 14.3 Å². The first kappa shape index (κ1) is 19.9. The second-order valence-electron chi connectivity index (χ2n) is 7.41. The van der Waals surface area contributed by atoms with Gasteiger partial charge >= 0.3 is 0 Å². The quantitative estimate of drug-likeness (QED) is 0.616. The standard InChI is InChI=1S/C22H32O3/c1-17(2)10-8-11-18(3)22(20(23)14-9-15-21(22)24-4)25-16-19-12-6-5-7-13-19/h5-7,11-13,17,21H,8-10,14-16H2,1-4H3. The van der Waals surface area contributed by atoms with E-state index in [1.54, 1.807) is 7.11 Å². The van der Waals surface area contributed by atoms with E-state index in [1.165, 1.54) is 0 Å². The normalized spacial score (nSPS) is 24.8. The Morgan fingerprint density at radius 3 is 2.68 bits per heavy atom. The minimum atomic E-state index is -0.945. The number of hydrogen-bond donors (Lipinski definition) is 0. The van der Waals surface area contributed by atoms with E-state index in [0.29, 0.717) is 18.9 Å². The lowest BCUT2D eigenvalue weighted by atomic mass is 9.75. The first-order chi connectivity index (χ1) is 12.0. The van der Waals surface area contributed by atoms with Gasteiger partial charge in [0.05, 0.1) is 12.7 Å². The van der Waals surface area contributed by atoms with Crippen LogP contribution in [0.1, 0.15) is 58.4 Å². The van der Waals surface area contributed by atoms with Gasteiger partial charge in [0.2, 0.25) is 0 Å². The molecule has 2 unspecified atom stereocenters. The Balaban J connectivity index is 2.27. The van der Waals surface area contributed by atoms with Crippen LogP contribution in [0.3, 0.4) is 0 Å². The molecule has 1 aliphatic carbocycles. The lowest BCUT2D eigenvalue weighted by Gasteiger charge is -2.42. The highest BCUT2D eigenvalue weighted by molar-refractivity contribution is 5.92. The Morgan fingerprint density at radius 2 is 2.04 bits per heavy atom. The van der Waals surface area contributed by atoms with Crippen LogP contribution >= 0.6 is 0 Å². The molecule has 3 heteroatoms. The summed E-state index contributed by atoms with van der Waals surface area (Å²) in [6.07, 6.45) is 6.32. The molecule has 1 fully saturated rings. The van der Waals surface area contributed by atoms with E-state index in [-0.39, 0.29) is 11.9 Å². The van der Waals surface area contributed by atoms with Crippen LogP contribution in [0, 0.1) is 5.92 Å². The third-order valence-corrected chi connectivity index (χ3v) is 5.11. The number of carbonyl (C=O) groups excluding carboxylic acids is 1. The fourth-order valence-electron chi connectivity index (χ4n) is 3.62. The molecule has 0 heterocycles. The zero-order valence-corrected chi connectivity index (χ0v) is 16.1. The van der Waals surface area contributed by atoms with Crippen LogP contribution in [0.5, 0.6) is 0 Å². The second kappa shape index (κ2) is 9.30. The van der Waals surface area contributed by atoms with E-state index in [2.05, 4.69) is 19.9 Å². The summed E-state index contributed by atoms with van der Waals surface area (Å²) in [4.78, 5) is 13.0. The largest absolute Gasteiger partial charge is 0.378 e. The Morgan fingerprint density at radius 1 is 1.32 bits per heavy atom. The molecular weight excluding hydrogens is 312 g/mol. The van der Waals surface area contributed by atoms with Gasteiger partial charge in [0.25, 0.3) is 0 Å². The molecule has 25 heavy (non-hydrogen) atoms. The van der Waals surface area contributed by atoms with Crippen molar-refractivity contribution in [1.29, 1.82) is 0 Å². The van der Waals surface area contributed by atoms with Crippen molar-refractivity contribution in [3.8, 4) is 0 Å². The molecule has 2 rings (SSSR count). The van der Waals surface area contributed by atoms with Gasteiger partial charge in [-0.25, -0.2) is 0 Å². The Labute approximate surface area is 152 Å². The summed E-state index contributed by atoms with van der Waals surface area (Å²) in [5.41, 5.74) is 1.13. The van der Waals surface area contributed by atoms with Crippen LogP contribution < -0.4 is 0 Å². The number of hydrogen-bond acceptors (Lipinski definition) is 3. The lowest BCUT2D eigenvalue weighted by molar-refractivity contribution is -0.167. The van der Waals surface area contributed by atoms with Crippen LogP contribution in [-0.2, 0) is 20.9 Å². The molecule has 0 spiro atoms. The zero-order chi connectivity index (χ0) is 18.3. The maximum atomic E-state index is 13.0. The summed E-state index contributed by atoms with van der Waals surface area (Å²) in [7, 11) is 1.69.